The largest absolute Gasteiger partial charge is 0.462 e. The van der Waals surface area contributed by atoms with E-state index in [-0.39, 0.29) is 17.1 Å². The second-order valence-corrected chi connectivity index (χ2v) is 9.80. The summed E-state index contributed by atoms with van der Waals surface area (Å²) >= 11 is 3.03. The Morgan fingerprint density at radius 2 is 1.97 bits per heavy atom. The molecule has 0 saturated carbocycles. The number of fused-ring (bicyclic) bond motifs is 1. The zero-order valence-corrected chi connectivity index (χ0v) is 19.3. The van der Waals surface area contributed by atoms with Gasteiger partial charge in [-0.1, -0.05) is 25.8 Å². The maximum atomic E-state index is 13.1. The third kappa shape index (κ3) is 5.58. The molecule has 1 aromatic heterocycles. The zero-order chi connectivity index (χ0) is 21.5. The number of amides is 1. The molecule has 0 bridgehead atoms. The average Bonchev–Trinajstić information content (AvgIpc) is 3.02. The maximum absolute atomic E-state index is 13.1. The lowest BCUT2D eigenvalue weighted by Gasteiger charge is -2.15. The SMILES string of the molecule is CCOC(=O)c1c(NC(=O)C(CC)Sc2cccc(N)c2)sc2c1CCCCCC2. The Balaban J connectivity index is 1.85. The highest BCUT2D eigenvalue weighted by molar-refractivity contribution is 8.00. The van der Waals surface area contributed by atoms with Crippen molar-refractivity contribution in [2.75, 3.05) is 17.7 Å². The van der Waals surface area contributed by atoms with E-state index >= 15 is 0 Å². The topological polar surface area (TPSA) is 81.4 Å². The predicted octanol–water partition coefficient (Wildman–Crippen LogP) is 5.68. The van der Waals surface area contributed by atoms with Gasteiger partial charge in [0.25, 0.3) is 0 Å². The molecular weight excluding hydrogens is 416 g/mol. The number of nitrogen functional groups attached to an aromatic ring is 1. The summed E-state index contributed by atoms with van der Waals surface area (Å²) < 4.78 is 5.34. The van der Waals surface area contributed by atoms with Crippen molar-refractivity contribution in [2.45, 2.75) is 68.9 Å². The molecule has 7 heteroatoms. The molecule has 0 aliphatic heterocycles. The summed E-state index contributed by atoms with van der Waals surface area (Å²) in [5.74, 6) is -0.424. The number of aryl methyl sites for hydroxylation is 1. The summed E-state index contributed by atoms with van der Waals surface area (Å²) in [4.78, 5) is 28.0. The second-order valence-electron chi connectivity index (χ2n) is 7.42. The van der Waals surface area contributed by atoms with Gasteiger partial charge in [0.05, 0.1) is 17.4 Å². The Hall–Kier alpha value is -1.99. The molecule has 1 aliphatic rings. The molecule has 1 atom stereocenters. The van der Waals surface area contributed by atoms with Gasteiger partial charge in [0.1, 0.15) is 5.00 Å². The molecule has 0 radical (unpaired) electrons. The van der Waals surface area contributed by atoms with Gasteiger partial charge in [-0.15, -0.1) is 23.1 Å². The summed E-state index contributed by atoms with van der Waals surface area (Å²) in [5.41, 5.74) is 8.19. The highest BCUT2D eigenvalue weighted by Crippen LogP contribution is 2.38. The van der Waals surface area contributed by atoms with Gasteiger partial charge in [0, 0.05) is 15.5 Å². The molecule has 0 fully saturated rings. The summed E-state index contributed by atoms with van der Waals surface area (Å²) in [7, 11) is 0. The monoisotopic (exact) mass is 446 g/mol. The zero-order valence-electron chi connectivity index (χ0n) is 17.7. The summed E-state index contributed by atoms with van der Waals surface area (Å²) in [6.07, 6.45) is 7.06. The molecule has 5 nitrogen and oxygen atoms in total. The minimum atomic E-state index is -0.331. The van der Waals surface area contributed by atoms with Crippen LogP contribution >= 0.6 is 23.1 Å². The van der Waals surface area contributed by atoms with Crippen LogP contribution < -0.4 is 11.1 Å². The first-order valence-corrected chi connectivity index (χ1v) is 12.4. The molecule has 1 heterocycles. The van der Waals surface area contributed by atoms with E-state index in [2.05, 4.69) is 5.32 Å². The standard InChI is InChI=1S/C23H30N2O3S2/c1-3-18(29-16-11-9-10-15(24)14-16)21(26)25-22-20(23(27)28-4-2)17-12-7-5-6-8-13-19(17)30-22/h9-11,14,18H,3-8,12-13,24H2,1-2H3,(H,25,26). The van der Waals surface area contributed by atoms with E-state index in [1.807, 2.05) is 38.1 Å². The lowest BCUT2D eigenvalue weighted by molar-refractivity contribution is -0.115. The van der Waals surface area contributed by atoms with Crippen LogP contribution in [0.5, 0.6) is 0 Å². The number of nitrogens with two attached hydrogens (primary N) is 1. The first kappa shape index (κ1) is 22.7. The highest BCUT2D eigenvalue weighted by Gasteiger charge is 2.28. The molecule has 3 N–H and O–H groups in total. The van der Waals surface area contributed by atoms with Gasteiger partial charge in [-0.25, -0.2) is 4.79 Å². The number of ether oxygens (including phenoxy) is 1. The van der Waals surface area contributed by atoms with Crippen molar-refractivity contribution < 1.29 is 14.3 Å². The fraction of sp³-hybridized carbons (Fsp3) is 0.478. The van der Waals surface area contributed by atoms with E-state index in [0.29, 0.717) is 29.3 Å². The van der Waals surface area contributed by atoms with Crippen LogP contribution in [-0.2, 0) is 22.4 Å². The van der Waals surface area contributed by atoms with Crippen LogP contribution in [0.4, 0.5) is 10.7 Å². The van der Waals surface area contributed by atoms with E-state index in [4.69, 9.17) is 10.5 Å². The molecule has 30 heavy (non-hydrogen) atoms. The minimum absolute atomic E-state index is 0.0929. The van der Waals surface area contributed by atoms with Crippen molar-refractivity contribution >= 4 is 45.7 Å². The Labute approximate surface area is 186 Å². The highest BCUT2D eigenvalue weighted by atomic mass is 32.2. The number of hydrogen-bond acceptors (Lipinski definition) is 6. The van der Waals surface area contributed by atoms with Gasteiger partial charge in [0.2, 0.25) is 5.91 Å². The number of rotatable bonds is 7. The third-order valence-electron chi connectivity index (χ3n) is 5.19. The Bertz CT molecular complexity index is 895. The van der Waals surface area contributed by atoms with Crippen LogP contribution in [-0.4, -0.2) is 23.7 Å². The molecule has 1 unspecified atom stereocenters. The first-order valence-electron chi connectivity index (χ1n) is 10.7. The summed E-state index contributed by atoms with van der Waals surface area (Å²) in [6, 6.07) is 7.55. The van der Waals surface area contributed by atoms with E-state index in [1.54, 1.807) is 11.3 Å². The Kier molecular flexibility index (Phi) is 8.22. The molecule has 3 rings (SSSR count). The number of carbonyl (C=O) groups excluding carboxylic acids is 2. The molecule has 0 spiro atoms. The van der Waals surface area contributed by atoms with Gasteiger partial charge in [-0.2, -0.15) is 0 Å². The maximum Gasteiger partial charge on any atom is 0.341 e. The quantitative estimate of drug-likeness (QED) is 0.325. The average molecular weight is 447 g/mol. The first-order chi connectivity index (χ1) is 14.5. The lowest BCUT2D eigenvalue weighted by Crippen LogP contribution is -2.25. The van der Waals surface area contributed by atoms with Crippen LogP contribution in [0, 0.1) is 0 Å². The van der Waals surface area contributed by atoms with Crippen molar-refractivity contribution in [2.24, 2.45) is 0 Å². The normalized spacial score (nSPS) is 14.9. The number of benzene rings is 1. The van der Waals surface area contributed by atoms with E-state index in [0.717, 1.165) is 36.1 Å². The van der Waals surface area contributed by atoms with E-state index < -0.39 is 0 Å². The number of thiophene rings is 1. The van der Waals surface area contributed by atoms with Crippen molar-refractivity contribution in [1.29, 1.82) is 0 Å². The van der Waals surface area contributed by atoms with E-state index in [9.17, 15) is 9.59 Å². The van der Waals surface area contributed by atoms with Gasteiger partial charge in [0.15, 0.2) is 0 Å². The Morgan fingerprint density at radius 3 is 2.67 bits per heavy atom. The summed E-state index contributed by atoms with van der Waals surface area (Å²) in [6.45, 7) is 4.12. The van der Waals surface area contributed by atoms with Crippen LogP contribution in [0.3, 0.4) is 0 Å². The van der Waals surface area contributed by atoms with Crippen LogP contribution in [0.25, 0.3) is 0 Å². The third-order valence-corrected chi connectivity index (χ3v) is 7.75. The summed E-state index contributed by atoms with van der Waals surface area (Å²) in [5, 5.41) is 3.42. The molecule has 0 saturated heterocycles. The van der Waals surface area contributed by atoms with Gasteiger partial charge >= 0.3 is 5.97 Å². The molecular formula is C23H30N2O3S2. The molecule has 2 aromatic rings. The van der Waals surface area contributed by atoms with Gasteiger partial charge < -0.3 is 15.8 Å². The molecule has 1 aromatic carbocycles. The number of carbonyl (C=O) groups is 2. The van der Waals surface area contributed by atoms with Crippen LogP contribution in [0.2, 0.25) is 0 Å². The van der Waals surface area contributed by atoms with Crippen molar-refractivity contribution in [3.63, 3.8) is 0 Å². The number of nitrogens with one attached hydrogen (secondary N) is 1. The number of anilines is 2. The molecule has 1 amide bonds. The van der Waals surface area contributed by atoms with Crippen LogP contribution in [0.1, 0.15) is 66.8 Å². The fourth-order valence-corrected chi connectivity index (χ4v) is 6.00. The van der Waals surface area contributed by atoms with Gasteiger partial charge in [-0.05, 0) is 62.8 Å². The second kappa shape index (κ2) is 10.9. The number of esters is 1. The predicted molar refractivity (Wildman–Crippen MR) is 126 cm³/mol. The molecule has 162 valence electrons. The smallest absolute Gasteiger partial charge is 0.341 e. The Morgan fingerprint density at radius 1 is 1.20 bits per heavy atom. The minimum Gasteiger partial charge on any atom is -0.462 e. The lowest BCUT2D eigenvalue weighted by atomic mass is 9.96. The number of thioether (sulfide) groups is 1. The van der Waals surface area contributed by atoms with Crippen molar-refractivity contribution in [1.82, 2.24) is 0 Å². The molecule has 1 aliphatic carbocycles. The fourth-order valence-electron chi connectivity index (χ4n) is 3.69. The van der Waals surface area contributed by atoms with Crippen molar-refractivity contribution in [3.8, 4) is 0 Å². The van der Waals surface area contributed by atoms with Crippen LogP contribution in [0.15, 0.2) is 29.2 Å². The van der Waals surface area contributed by atoms with Crippen molar-refractivity contribution in [3.05, 3.63) is 40.3 Å². The number of hydrogen-bond donors (Lipinski definition) is 2. The van der Waals surface area contributed by atoms with E-state index in [1.165, 1.54) is 29.5 Å². The van der Waals surface area contributed by atoms with Gasteiger partial charge in [-0.3, -0.25) is 4.79 Å².